The van der Waals surface area contributed by atoms with Gasteiger partial charge in [0.1, 0.15) is 5.82 Å². The molecule has 2 aromatic heterocycles. The summed E-state index contributed by atoms with van der Waals surface area (Å²) in [5.41, 5.74) is -0.814. The number of thiazole rings is 1. The number of hydrogen-bond donors (Lipinski definition) is 0. The molecule has 9 heteroatoms. The molecule has 0 unspecified atom stereocenters. The van der Waals surface area contributed by atoms with Crippen molar-refractivity contribution in [1.29, 1.82) is 0 Å². The average molecular weight is 356 g/mol. The zero-order valence-electron chi connectivity index (χ0n) is 12.9. The molecule has 0 spiro atoms. The van der Waals surface area contributed by atoms with Crippen LogP contribution in [0.2, 0.25) is 0 Å². The molecule has 24 heavy (non-hydrogen) atoms. The lowest BCUT2D eigenvalue weighted by Crippen LogP contribution is -2.27. The van der Waals surface area contributed by atoms with Crippen molar-refractivity contribution in [3.05, 3.63) is 39.8 Å². The number of halogens is 3. The van der Waals surface area contributed by atoms with Gasteiger partial charge in [0.05, 0.1) is 5.56 Å². The summed E-state index contributed by atoms with van der Waals surface area (Å²) in [7, 11) is 0. The minimum Gasteiger partial charge on any atom is -0.323 e. The Kier molecular flexibility index (Phi) is 4.44. The van der Waals surface area contributed by atoms with Gasteiger partial charge in [0.25, 0.3) is 0 Å². The highest BCUT2D eigenvalue weighted by molar-refractivity contribution is 7.09. The number of amides is 2. The minimum absolute atomic E-state index is 0.292. The summed E-state index contributed by atoms with van der Waals surface area (Å²) in [6.07, 6.45) is -0.0200. The molecule has 0 radical (unpaired) electrons. The van der Waals surface area contributed by atoms with E-state index in [4.69, 9.17) is 0 Å². The fourth-order valence-corrected chi connectivity index (χ4v) is 3.27. The summed E-state index contributed by atoms with van der Waals surface area (Å²) in [6, 6.07) is 1.91. The van der Waals surface area contributed by atoms with Crippen LogP contribution in [0.15, 0.2) is 29.5 Å². The summed E-state index contributed by atoms with van der Waals surface area (Å²) in [5.74, 6) is 0.292. The fraction of sp³-hybridized carbons (Fsp3) is 0.400. The van der Waals surface area contributed by atoms with Crippen LogP contribution in [0, 0.1) is 6.92 Å². The van der Waals surface area contributed by atoms with Gasteiger partial charge in [0.15, 0.2) is 0 Å². The molecule has 2 aromatic rings. The van der Waals surface area contributed by atoms with Gasteiger partial charge in [-0.3, -0.25) is 4.57 Å². The molecule has 0 bridgehead atoms. The number of nitrogens with zero attached hydrogens (tertiary/aromatic N) is 4. The molecule has 1 aliphatic heterocycles. The number of hydrogen-bond acceptors (Lipinski definition) is 3. The molecular weight excluding hydrogens is 341 g/mol. The van der Waals surface area contributed by atoms with Crippen LogP contribution >= 0.6 is 11.3 Å². The molecule has 2 amide bonds. The van der Waals surface area contributed by atoms with Crippen LogP contribution in [0.5, 0.6) is 0 Å². The van der Waals surface area contributed by atoms with E-state index >= 15 is 0 Å². The Morgan fingerprint density at radius 1 is 1.29 bits per heavy atom. The van der Waals surface area contributed by atoms with Crippen molar-refractivity contribution in [2.75, 3.05) is 13.1 Å². The van der Waals surface area contributed by atoms with Crippen molar-refractivity contribution in [3.63, 3.8) is 0 Å². The molecule has 1 saturated heterocycles. The number of alkyl halides is 3. The van der Waals surface area contributed by atoms with Crippen LogP contribution < -0.4 is 4.80 Å². The van der Waals surface area contributed by atoms with Crippen LogP contribution in [0.3, 0.4) is 0 Å². The van der Waals surface area contributed by atoms with Crippen molar-refractivity contribution in [3.8, 4) is 5.82 Å². The lowest BCUT2D eigenvalue weighted by atomic mass is 10.3. The number of aromatic nitrogens is 2. The highest BCUT2D eigenvalue weighted by Crippen LogP contribution is 2.28. The number of urea groups is 1. The van der Waals surface area contributed by atoms with Gasteiger partial charge >= 0.3 is 12.2 Å². The molecule has 0 N–H and O–H groups in total. The monoisotopic (exact) mass is 356 g/mol. The normalized spacial score (nSPS) is 16.0. The average Bonchev–Trinajstić information content (AvgIpc) is 3.16. The molecule has 3 rings (SSSR count). The van der Waals surface area contributed by atoms with Crippen molar-refractivity contribution < 1.29 is 18.0 Å². The quantitative estimate of drug-likeness (QED) is 0.787. The lowest BCUT2D eigenvalue weighted by molar-refractivity contribution is -0.137. The molecular formula is C15H15F3N4OS. The van der Waals surface area contributed by atoms with Crippen LogP contribution in [0.25, 0.3) is 5.82 Å². The third kappa shape index (κ3) is 3.50. The van der Waals surface area contributed by atoms with E-state index in [1.807, 2.05) is 6.92 Å². The van der Waals surface area contributed by atoms with Crippen LogP contribution in [-0.4, -0.2) is 33.6 Å². The third-order valence-corrected chi connectivity index (χ3v) is 4.56. The summed E-state index contributed by atoms with van der Waals surface area (Å²) in [5, 5.41) is 0. The van der Waals surface area contributed by atoms with E-state index in [0.717, 1.165) is 30.0 Å². The van der Waals surface area contributed by atoms with Gasteiger partial charge in [-0.1, -0.05) is 0 Å². The Bertz CT molecular complexity index is 801. The zero-order valence-corrected chi connectivity index (χ0v) is 13.7. The molecule has 0 atom stereocenters. The fourth-order valence-electron chi connectivity index (χ4n) is 2.45. The SMILES string of the molecule is Cc1cn(-c2ccc(C(F)(F)F)cn2)c(=NC(=O)N2CCCC2)s1. The smallest absolute Gasteiger partial charge is 0.323 e. The number of rotatable bonds is 1. The Labute approximate surface area is 140 Å². The van der Waals surface area contributed by atoms with Gasteiger partial charge in [0, 0.05) is 30.4 Å². The summed E-state index contributed by atoms with van der Waals surface area (Å²) < 4.78 is 39.4. The summed E-state index contributed by atoms with van der Waals surface area (Å²) in [6.45, 7) is 3.21. The number of carbonyl (C=O) groups is 1. The molecule has 128 valence electrons. The van der Waals surface area contributed by atoms with Gasteiger partial charge in [-0.25, -0.2) is 9.78 Å². The Balaban J connectivity index is 1.95. The molecule has 1 aliphatic rings. The maximum absolute atomic E-state index is 12.6. The minimum atomic E-state index is -4.43. The van der Waals surface area contributed by atoms with Gasteiger partial charge in [-0.05, 0) is 31.9 Å². The second kappa shape index (κ2) is 6.39. The summed E-state index contributed by atoms with van der Waals surface area (Å²) >= 11 is 1.29. The van der Waals surface area contributed by atoms with Crippen molar-refractivity contribution in [1.82, 2.24) is 14.5 Å². The largest absolute Gasteiger partial charge is 0.417 e. The first-order valence-corrected chi connectivity index (χ1v) is 8.22. The molecule has 0 aliphatic carbocycles. The maximum atomic E-state index is 12.6. The van der Waals surface area contributed by atoms with E-state index in [1.54, 1.807) is 11.1 Å². The molecule has 0 saturated carbocycles. The maximum Gasteiger partial charge on any atom is 0.417 e. The predicted octanol–water partition coefficient (Wildman–Crippen LogP) is 3.38. The second-order valence-corrected chi connectivity index (χ2v) is 6.70. The Morgan fingerprint density at radius 3 is 2.58 bits per heavy atom. The molecule has 1 fully saturated rings. The van der Waals surface area contributed by atoms with E-state index in [-0.39, 0.29) is 6.03 Å². The van der Waals surface area contributed by atoms with E-state index < -0.39 is 11.7 Å². The van der Waals surface area contributed by atoms with Gasteiger partial charge in [-0.15, -0.1) is 11.3 Å². The highest BCUT2D eigenvalue weighted by atomic mass is 32.1. The van der Waals surface area contributed by atoms with Crippen molar-refractivity contribution in [2.24, 2.45) is 4.99 Å². The van der Waals surface area contributed by atoms with E-state index in [9.17, 15) is 18.0 Å². The van der Waals surface area contributed by atoms with Crippen LogP contribution in [0.1, 0.15) is 23.3 Å². The number of aryl methyl sites for hydroxylation is 1. The predicted molar refractivity (Wildman–Crippen MR) is 82.9 cm³/mol. The summed E-state index contributed by atoms with van der Waals surface area (Å²) in [4.78, 5) is 23.1. The topological polar surface area (TPSA) is 50.5 Å². The van der Waals surface area contributed by atoms with E-state index in [1.165, 1.54) is 22.0 Å². The zero-order chi connectivity index (χ0) is 17.3. The number of pyridine rings is 1. The van der Waals surface area contributed by atoms with Crippen LogP contribution in [-0.2, 0) is 6.18 Å². The van der Waals surface area contributed by atoms with E-state index in [2.05, 4.69) is 9.98 Å². The third-order valence-electron chi connectivity index (χ3n) is 3.66. The first-order valence-electron chi connectivity index (χ1n) is 7.41. The second-order valence-electron chi connectivity index (χ2n) is 5.49. The Hall–Kier alpha value is -2.16. The lowest BCUT2D eigenvalue weighted by Gasteiger charge is -2.10. The Morgan fingerprint density at radius 2 is 2.00 bits per heavy atom. The van der Waals surface area contributed by atoms with Gasteiger partial charge in [-0.2, -0.15) is 18.2 Å². The number of likely N-dealkylation sites (tertiary alicyclic amines) is 1. The first-order chi connectivity index (χ1) is 11.3. The van der Waals surface area contributed by atoms with E-state index in [0.29, 0.717) is 23.7 Å². The van der Waals surface area contributed by atoms with Gasteiger partial charge in [0.2, 0.25) is 4.80 Å². The van der Waals surface area contributed by atoms with Crippen LogP contribution in [0.4, 0.5) is 18.0 Å². The molecule has 3 heterocycles. The van der Waals surface area contributed by atoms with Crippen molar-refractivity contribution in [2.45, 2.75) is 25.9 Å². The molecule has 5 nitrogen and oxygen atoms in total. The first kappa shape index (κ1) is 16.7. The standard InChI is InChI=1S/C15H15F3N4OS/c1-10-9-22(12-5-4-11(8-19-12)15(16,17)18)14(24-10)20-13(23)21-6-2-3-7-21/h4-5,8-9H,2-3,6-7H2,1H3. The van der Waals surface area contributed by atoms with Crippen molar-refractivity contribution >= 4 is 17.4 Å². The molecule has 0 aromatic carbocycles. The van der Waals surface area contributed by atoms with Gasteiger partial charge < -0.3 is 4.90 Å². The number of carbonyl (C=O) groups excluding carboxylic acids is 1. The highest BCUT2D eigenvalue weighted by Gasteiger charge is 2.30.